The average Bonchev–Trinajstić information content (AvgIpc) is 2.75. The molecule has 1 aromatic heterocycles. The van der Waals surface area contributed by atoms with Crippen molar-refractivity contribution in [1.29, 1.82) is 0 Å². The van der Waals surface area contributed by atoms with E-state index in [-0.39, 0.29) is 17.6 Å². The summed E-state index contributed by atoms with van der Waals surface area (Å²) in [4.78, 5) is 25.3. The van der Waals surface area contributed by atoms with Gasteiger partial charge < -0.3 is 18.6 Å². The lowest BCUT2D eigenvalue weighted by Gasteiger charge is -2.16. The van der Waals surface area contributed by atoms with E-state index in [2.05, 4.69) is 0 Å². The molecule has 0 atom stereocenters. The van der Waals surface area contributed by atoms with Gasteiger partial charge in [-0.25, -0.2) is 9.59 Å². The van der Waals surface area contributed by atoms with E-state index in [0.29, 0.717) is 35.3 Å². The molecule has 0 aliphatic heterocycles. The molecule has 2 aromatic carbocycles. The lowest BCUT2D eigenvalue weighted by atomic mass is 10.2. The highest BCUT2D eigenvalue weighted by Crippen LogP contribution is 2.39. The molecular formula is C25H26O6. The second kappa shape index (κ2) is 10.5. The Bertz CT molecular complexity index is 1110. The molecule has 0 amide bonds. The molecule has 1 heterocycles. The average molecular weight is 422 g/mol. The molecule has 3 rings (SSSR count). The number of esters is 1. The van der Waals surface area contributed by atoms with Gasteiger partial charge >= 0.3 is 11.6 Å². The molecule has 0 bridgehead atoms. The molecule has 0 radical (unpaired) electrons. The van der Waals surface area contributed by atoms with E-state index >= 15 is 0 Å². The number of carbonyl (C=O) groups excluding carboxylic acids is 1. The predicted molar refractivity (Wildman–Crippen MR) is 119 cm³/mol. The molecule has 6 nitrogen and oxygen atoms in total. The number of fused-ring (bicyclic) bond motifs is 1. The molecule has 0 saturated carbocycles. The van der Waals surface area contributed by atoms with Gasteiger partial charge in [0.2, 0.25) is 0 Å². The number of ether oxygens (including phenoxy) is 3. The van der Waals surface area contributed by atoms with Crippen molar-refractivity contribution in [3.63, 3.8) is 0 Å². The fourth-order valence-corrected chi connectivity index (χ4v) is 2.99. The third-order valence-corrected chi connectivity index (χ3v) is 4.31. The third-order valence-electron chi connectivity index (χ3n) is 4.31. The van der Waals surface area contributed by atoms with Crippen molar-refractivity contribution in [1.82, 2.24) is 0 Å². The topological polar surface area (TPSA) is 75.0 Å². The maximum absolute atomic E-state index is 12.7. The highest BCUT2D eigenvalue weighted by molar-refractivity contribution is 5.95. The van der Waals surface area contributed by atoms with Crippen LogP contribution in [0.4, 0.5) is 0 Å². The molecule has 6 heteroatoms. The van der Waals surface area contributed by atoms with Gasteiger partial charge in [0.05, 0.1) is 18.3 Å². The summed E-state index contributed by atoms with van der Waals surface area (Å²) in [6.07, 6.45) is 5.46. The summed E-state index contributed by atoms with van der Waals surface area (Å²) in [5.74, 6) is -0.352. The Morgan fingerprint density at radius 1 is 1.03 bits per heavy atom. The van der Waals surface area contributed by atoms with E-state index in [9.17, 15) is 9.59 Å². The summed E-state index contributed by atoms with van der Waals surface area (Å²) in [5.41, 5.74) is -0.190. The van der Waals surface area contributed by atoms with E-state index in [1.165, 1.54) is 0 Å². The van der Waals surface area contributed by atoms with E-state index in [1.54, 1.807) is 48.5 Å². The Morgan fingerprint density at radius 3 is 2.52 bits per heavy atom. The van der Waals surface area contributed by atoms with Crippen LogP contribution in [0.15, 0.2) is 69.9 Å². The zero-order valence-electron chi connectivity index (χ0n) is 17.9. The van der Waals surface area contributed by atoms with Crippen molar-refractivity contribution in [2.75, 3.05) is 6.61 Å². The van der Waals surface area contributed by atoms with Crippen LogP contribution in [0.3, 0.4) is 0 Å². The molecule has 31 heavy (non-hydrogen) atoms. The molecule has 0 saturated heterocycles. The van der Waals surface area contributed by atoms with E-state index in [1.807, 2.05) is 32.9 Å². The number of benzene rings is 2. The number of allylic oxidation sites excluding steroid dienone is 1. The van der Waals surface area contributed by atoms with Gasteiger partial charge in [-0.2, -0.15) is 0 Å². The summed E-state index contributed by atoms with van der Waals surface area (Å²) >= 11 is 0. The number of hydrogen-bond donors (Lipinski definition) is 0. The summed E-state index contributed by atoms with van der Waals surface area (Å²) in [6, 6.07) is 13.6. The van der Waals surface area contributed by atoms with Crippen LogP contribution in [-0.2, 0) is 0 Å². The van der Waals surface area contributed by atoms with Crippen LogP contribution >= 0.6 is 0 Å². The van der Waals surface area contributed by atoms with Crippen LogP contribution in [0.1, 0.15) is 44.0 Å². The van der Waals surface area contributed by atoms with Crippen LogP contribution in [0.2, 0.25) is 0 Å². The Hall–Kier alpha value is -3.54. The van der Waals surface area contributed by atoms with Gasteiger partial charge in [0.1, 0.15) is 16.7 Å². The molecule has 3 aromatic rings. The minimum atomic E-state index is -0.794. The Labute approximate surface area is 181 Å². The summed E-state index contributed by atoms with van der Waals surface area (Å²) in [7, 11) is 0. The maximum Gasteiger partial charge on any atom is 0.383 e. The molecule has 0 spiro atoms. The van der Waals surface area contributed by atoms with Gasteiger partial charge in [0.15, 0.2) is 5.75 Å². The van der Waals surface area contributed by atoms with Gasteiger partial charge in [-0.15, -0.1) is 0 Å². The zero-order chi connectivity index (χ0) is 22.2. The SMILES string of the molecule is CC/C=C/CCOc1c(OC(=O)c2ccccc2)c(=O)oc2cccc(OC(C)C)c12. The first-order valence-corrected chi connectivity index (χ1v) is 10.3. The standard InChI is InChI=1S/C25H26O6/c1-4-5-6-10-16-28-22-21-19(29-17(2)3)14-11-15-20(21)30-25(27)23(22)31-24(26)18-12-8-7-9-13-18/h5-9,11-15,17H,4,10,16H2,1-3H3/b6-5+. The third kappa shape index (κ3) is 5.54. The number of hydrogen-bond acceptors (Lipinski definition) is 6. The molecule has 0 N–H and O–H groups in total. The first kappa shape index (κ1) is 22.2. The van der Waals surface area contributed by atoms with Gasteiger partial charge in [0.25, 0.3) is 5.75 Å². The van der Waals surface area contributed by atoms with E-state index in [0.717, 1.165) is 6.42 Å². The maximum atomic E-state index is 12.7. The van der Waals surface area contributed by atoms with Gasteiger partial charge in [-0.05, 0) is 51.0 Å². The Morgan fingerprint density at radius 2 is 1.81 bits per heavy atom. The monoisotopic (exact) mass is 422 g/mol. The second-order valence-corrected chi connectivity index (χ2v) is 7.12. The molecule has 0 fully saturated rings. The Kier molecular flexibility index (Phi) is 7.49. The second-order valence-electron chi connectivity index (χ2n) is 7.12. The van der Waals surface area contributed by atoms with Crippen LogP contribution in [0, 0.1) is 0 Å². The lowest BCUT2D eigenvalue weighted by Crippen LogP contribution is -2.17. The van der Waals surface area contributed by atoms with Crippen molar-refractivity contribution in [3.8, 4) is 17.2 Å². The number of rotatable bonds is 9. The minimum Gasteiger partial charge on any atom is -0.490 e. The highest BCUT2D eigenvalue weighted by atomic mass is 16.6. The van der Waals surface area contributed by atoms with Gasteiger partial charge in [0, 0.05) is 0 Å². The first-order valence-electron chi connectivity index (χ1n) is 10.3. The molecule has 0 aliphatic rings. The van der Waals surface area contributed by atoms with Crippen molar-refractivity contribution in [2.45, 2.75) is 39.7 Å². The Balaban J connectivity index is 2.08. The quantitative estimate of drug-likeness (QED) is 0.195. The van der Waals surface area contributed by atoms with Crippen molar-refractivity contribution in [3.05, 3.63) is 76.7 Å². The fraction of sp³-hybridized carbons (Fsp3) is 0.280. The number of carbonyl (C=O) groups is 1. The van der Waals surface area contributed by atoms with Crippen molar-refractivity contribution < 1.29 is 23.4 Å². The molecule has 162 valence electrons. The van der Waals surface area contributed by atoms with Crippen LogP contribution in [0.5, 0.6) is 17.2 Å². The summed E-state index contributed by atoms with van der Waals surface area (Å²) < 4.78 is 22.8. The smallest absolute Gasteiger partial charge is 0.383 e. The highest BCUT2D eigenvalue weighted by Gasteiger charge is 2.24. The fourth-order valence-electron chi connectivity index (χ4n) is 2.99. The van der Waals surface area contributed by atoms with Crippen molar-refractivity contribution in [2.24, 2.45) is 0 Å². The van der Waals surface area contributed by atoms with E-state index in [4.69, 9.17) is 18.6 Å². The van der Waals surface area contributed by atoms with Crippen LogP contribution < -0.4 is 19.8 Å². The normalized spacial score (nSPS) is 11.2. The predicted octanol–water partition coefficient (Wildman–Crippen LogP) is 5.53. The molecule has 0 unspecified atom stereocenters. The zero-order valence-corrected chi connectivity index (χ0v) is 17.9. The molecular weight excluding hydrogens is 396 g/mol. The summed E-state index contributed by atoms with van der Waals surface area (Å²) in [5, 5.41) is 0.450. The largest absolute Gasteiger partial charge is 0.490 e. The first-order chi connectivity index (χ1) is 15.0. The van der Waals surface area contributed by atoms with Gasteiger partial charge in [-0.3, -0.25) is 0 Å². The van der Waals surface area contributed by atoms with Crippen LogP contribution in [-0.4, -0.2) is 18.7 Å². The summed E-state index contributed by atoms with van der Waals surface area (Å²) in [6.45, 7) is 6.12. The van der Waals surface area contributed by atoms with E-state index < -0.39 is 11.6 Å². The van der Waals surface area contributed by atoms with Crippen LogP contribution in [0.25, 0.3) is 11.0 Å². The lowest BCUT2D eigenvalue weighted by molar-refractivity contribution is 0.0721. The molecule has 0 aliphatic carbocycles. The van der Waals surface area contributed by atoms with Gasteiger partial charge in [-0.1, -0.05) is 43.3 Å². The van der Waals surface area contributed by atoms with Crippen molar-refractivity contribution >= 4 is 16.9 Å². The minimum absolute atomic E-state index is 0.117.